The van der Waals surface area contributed by atoms with Gasteiger partial charge in [0.25, 0.3) is 0 Å². The van der Waals surface area contributed by atoms with Crippen LogP contribution in [0.25, 0.3) is 0 Å². The molecule has 0 spiro atoms. The van der Waals surface area contributed by atoms with E-state index in [0.29, 0.717) is 12.5 Å². The Morgan fingerprint density at radius 1 is 1.03 bits per heavy atom. The molecule has 0 aliphatic carbocycles. The number of nitrogens with zero attached hydrogens (tertiary/aromatic N) is 4. The summed E-state index contributed by atoms with van der Waals surface area (Å²) in [5.41, 5.74) is 1.15. The van der Waals surface area contributed by atoms with Gasteiger partial charge in [0.05, 0.1) is 6.04 Å². The van der Waals surface area contributed by atoms with Crippen molar-refractivity contribution in [1.82, 2.24) is 25.5 Å². The lowest BCUT2D eigenvalue weighted by Crippen LogP contribution is -2.47. The van der Waals surface area contributed by atoms with Gasteiger partial charge >= 0.3 is 6.03 Å². The van der Waals surface area contributed by atoms with Crippen LogP contribution in [-0.4, -0.2) is 60.2 Å². The molecule has 0 bridgehead atoms. The van der Waals surface area contributed by atoms with Crippen molar-refractivity contribution in [1.29, 1.82) is 0 Å². The number of hydrogen-bond acceptors (Lipinski definition) is 5. The van der Waals surface area contributed by atoms with E-state index in [1.54, 1.807) is 12.4 Å². The third kappa shape index (κ3) is 6.99. The van der Waals surface area contributed by atoms with Gasteiger partial charge in [0, 0.05) is 45.1 Å². The van der Waals surface area contributed by atoms with E-state index in [-0.39, 0.29) is 12.1 Å². The van der Waals surface area contributed by atoms with Crippen molar-refractivity contribution in [2.24, 2.45) is 5.92 Å². The van der Waals surface area contributed by atoms with Crippen LogP contribution in [0.3, 0.4) is 0 Å². The molecule has 1 aromatic carbocycles. The van der Waals surface area contributed by atoms with Crippen molar-refractivity contribution in [3.63, 3.8) is 0 Å². The fourth-order valence-electron chi connectivity index (χ4n) is 3.77. The Bertz CT molecular complexity index is 747. The van der Waals surface area contributed by atoms with Gasteiger partial charge in [-0.05, 0) is 36.9 Å². The van der Waals surface area contributed by atoms with Gasteiger partial charge in [0.15, 0.2) is 0 Å². The molecule has 1 unspecified atom stereocenters. The van der Waals surface area contributed by atoms with Crippen LogP contribution in [0, 0.1) is 5.92 Å². The molecule has 1 saturated heterocycles. The average molecular weight is 411 g/mol. The molecule has 2 amide bonds. The predicted molar refractivity (Wildman–Crippen MR) is 120 cm³/mol. The lowest BCUT2D eigenvalue weighted by molar-refractivity contribution is 0.231. The summed E-state index contributed by atoms with van der Waals surface area (Å²) in [6.45, 7) is 9.88. The van der Waals surface area contributed by atoms with Gasteiger partial charge in [-0.1, -0.05) is 44.2 Å². The molecule has 7 heteroatoms. The van der Waals surface area contributed by atoms with E-state index in [1.807, 2.05) is 24.3 Å². The second-order valence-electron chi connectivity index (χ2n) is 8.22. The van der Waals surface area contributed by atoms with Crippen molar-refractivity contribution in [3.8, 4) is 0 Å². The van der Waals surface area contributed by atoms with E-state index >= 15 is 0 Å². The Balaban J connectivity index is 1.34. The molecule has 2 aromatic rings. The first kappa shape index (κ1) is 22.0. The highest BCUT2D eigenvalue weighted by molar-refractivity contribution is 5.74. The SMILES string of the molecule is CC(C)CC(NC(=O)NCCCN1CCN(c2ncccn2)CC1)c1ccccc1. The number of benzene rings is 1. The molecule has 2 N–H and O–H groups in total. The van der Waals surface area contributed by atoms with Crippen molar-refractivity contribution in [2.75, 3.05) is 44.2 Å². The summed E-state index contributed by atoms with van der Waals surface area (Å²) < 4.78 is 0. The zero-order valence-corrected chi connectivity index (χ0v) is 18.1. The number of rotatable bonds is 9. The minimum absolute atomic E-state index is 0.0412. The normalized spacial score (nSPS) is 15.8. The van der Waals surface area contributed by atoms with E-state index in [4.69, 9.17) is 0 Å². The van der Waals surface area contributed by atoms with Crippen LogP contribution >= 0.6 is 0 Å². The second kappa shape index (κ2) is 11.5. The van der Waals surface area contributed by atoms with Crippen LogP contribution in [0.5, 0.6) is 0 Å². The standard InChI is InChI=1S/C23H34N6O/c1-19(2)18-21(20-8-4-3-5-9-20)27-23(30)26-12-7-13-28-14-16-29(17-15-28)22-24-10-6-11-25-22/h3-6,8-11,19,21H,7,12-18H2,1-2H3,(H2,26,27,30). The second-order valence-corrected chi connectivity index (χ2v) is 8.22. The maximum Gasteiger partial charge on any atom is 0.315 e. The van der Waals surface area contributed by atoms with Gasteiger partial charge in [-0.3, -0.25) is 4.90 Å². The molecular formula is C23H34N6O. The highest BCUT2D eigenvalue weighted by atomic mass is 16.2. The average Bonchev–Trinajstić information content (AvgIpc) is 2.78. The van der Waals surface area contributed by atoms with Crippen LogP contribution in [0.1, 0.15) is 38.3 Å². The molecule has 1 aliphatic rings. The molecule has 1 atom stereocenters. The Morgan fingerprint density at radius 2 is 1.73 bits per heavy atom. The van der Waals surface area contributed by atoms with Gasteiger partial charge in [-0.15, -0.1) is 0 Å². The lowest BCUT2D eigenvalue weighted by atomic mass is 9.97. The third-order valence-electron chi connectivity index (χ3n) is 5.36. The van der Waals surface area contributed by atoms with Gasteiger partial charge in [-0.2, -0.15) is 0 Å². The van der Waals surface area contributed by atoms with E-state index in [0.717, 1.165) is 57.1 Å². The number of nitrogens with one attached hydrogen (secondary N) is 2. The minimum atomic E-state index is -0.0875. The lowest BCUT2D eigenvalue weighted by Gasteiger charge is -2.34. The predicted octanol–water partition coefficient (Wildman–Crippen LogP) is 3.08. The topological polar surface area (TPSA) is 73.4 Å². The third-order valence-corrected chi connectivity index (χ3v) is 5.36. The number of carbonyl (C=O) groups is 1. The molecule has 1 fully saturated rings. The zero-order valence-electron chi connectivity index (χ0n) is 18.1. The van der Waals surface area contributed by atoms with Crippen molar-refractivity contribution >= 4 is 12.0 Å². The Hall–Kier alpha value is -2.67. The first-order valence-corrected chi connectivity index (χ1v) is 11.0. The van der Waals surface area contributed by atoms with Crippen LogP contribution < -0.4 is 15.5 Å². The Morgan fingerprint density at radius 3 is 2.40 bits per heavy atom. The highest BCUT2D eigenvalue weighted by Crippen LogP contribution is 2.20. The van der Waals surface area contributed by atoms with E-state index in [1.165, 1.54) is 0 Å². The van der Waals surface area contributed by atoms with E-state index in [9.17, 15) is 4.79 Å². The number of anilines is 1. The largest absolute Gasteiger partial charge is 0.338 e. The first-order valence-electron chi connectivity index (χ1n) is 11.0. The highest BCUT2D eigenvalue weighted by Gasteiger charge is 2.19. The summed E-state index contributed by atoms with van der Waals surface area (Å²) in [5, 5.41) is 6.17. The fraction of sp³-hybridized carbons (Fsp3) is 0.522. The zero-order chi connectivity index (χ0) is 21.2. The van der Waals surface area contributed by atoms with E-state index in [2.05, 4.69) is 56.4 Å². The summed E-state index contributed by atoms with van der Waals surface area (Å²) in [6, 6.07) is 12.0. The van der Waals surface area contributed by atoms with Gasteiger partial charge < -0.3 is 15.5 Å². The monoisotopic (exact) mass is 410 g/mol. The number of hydrogen-bond donors (Lipinski definition) is 2. The molecule has 7 nitrogen and oxygen atoms in total. The molecule has 162 valence electrons. The quantitative estimate of drug-likeness (QED) is 0.622. The summed E-state index contributed by atoms with van der Waals surface area (Å²) in [7, 11) is 0. The molecule has 1 aromatic heterocycles. The molecule has 30 heavy (non-hydrogen) atoms. The van der Waals surface area contributed by atoms with Crippen LogP contribution in [0.4, 0.5) is 10.7 Å². The van der Waals surface area contributed by atoms with Gasteiger partial charge in [-0.25, -0.2) is 14.8 Å². The summed E-state index contributed by atoms with van der Waals surface area (Å²) >= 11 is 0. The van der Waals surface area contributed by atoms with Crippen molar-refractivity contribution in [2.45, 2.75) is 32.7 Å². The number of urea groups is 1. The molecule has 2 heterocycles. The van der Waals surface area contributed by atoms with Crippen LogP contribution in [-0.2, 0) is 0 Å². The van der Waals surface area contributed by atoms with Gasteiger partial charge in [0.1, 0.15) is 0 Å². The number of carbonyl (C=O) groups excluding carboxylic acids is 1. The van der Waals surface area contributed by atoms with Crippen LogP contribution in [0.2, 0.25) is 0 Å². The number of amides is 2. The molecule has 0 saturated carbocycles. The maximum atomic E-state index is 12.4. The summed E-state index contributed by atoms with van der Waals surface area (Å²) in [6.07, 6.45) is 5.44. The smallest absolute Gasteiger partial charge is 0.315 e. The van der Waals surface area contributed by atoms with Crippen molar-refractivity contribution < 1.29 is 4.79 Å². The maximum absolute atomic E-state index is 12.4. The number of piperazine rings is 1. The molecule has 3 rings (SSSR count). The van der Waals surface area contributed by atoms with Crippen molar-refractivity contribution in [3.05, 3.63) is 54.4 Å². The first-order chi connectivity index (χ1) is 14.6. The fourth-order valence-corrected chi connectivity index (χ4v) is 3.77. The molecule has 0 radical (unpaired) electrons. The molecular weight excluding hydrogens is 376 g/mol. The van der Waals surface area contributed by atoms with Gasteiger partial charge in [0.2, 0.25) is 5.95 Å². The minimum Gasteiger partial charge on any atom is -0.338 e. The summed E-state index contributed by atoms with van der Waals surface area (Å²) in [4.78, 5) is 25.7. The van der Waals surface area contributed by atoms with E-state index < -0.39 is 0 Å². The molecule has 1 aliphatic heterocycles. The summed E-state index contributed by atoms with van der Waals surface area (Å²) in [5.74, 6) is 1.32. The number of aromatic nitrogens is 2. The Kier molecular flexibility index (Phi) is 8.44. The Labute approximate surface area is 179 Å². The van der Waals surface area contributed by atoms with Crippen LogP contribution in [0.15, 0.2) is 48.8 Å².